The van der Waals surface area contributed by atoms with E-state index in [-0.39, 0.29) is 30.2 Å². The molecule has 9 heteroatoms. The molecule has 1 spiro atoms. The molecule has 3 fully saturated rings. The van der Waals surface area contributed by atoms with E-state index in [1.165, 1.54) is 4.90 Å². The number of anilines is 1. The maximum Gasteiger partial charge on any atom is 0.246 e. The Morgan fingerprint density at radius 3 is 2.46 bits per heavy atom. The molecule has 1 aromatic rings. The van der Waals surface area contributed by atoms with E-state index < -0.39 is 41.2 Å². The Labute approximate surface area is 219 Å². The number of benzene rings is 1. The van der Waals surface area contributed by atoms with Gasteiger partial charge in [-0.2, -0.15) is 0 Å². The van der Waals surface area contributed by atoms with E-state index in [1.54, 1.807) is 24.3 Å². The van der Waals surface area contributed by atoms with Crippen LogP contribution in [0.1, 0.15) is 60.8 Å². The molecule has 204 valence electrons. The summed E-state index contributed by atoms with van der Waals surface area (Å²) in [6.45, 7) is 11.9. The lowest BCUT2D eigenvalue weighted by Gasteiger charge is -2.38. The van der Waals surface area contributed by atoms with Gasteiger partial charge in [-0.1, -0.05) is 13.8 Å². The second kappa shape index (κ2) is 10.3. The highest BCUT2D eigenvalue weighted by Crippen LogP contribution is 2.59. The summed E-state index contributed by atoms with van der Waals surface area (Å²) in [7, 11) is 0. The van der Waals surface area contributed by atoms with Gasteiger partial charge < -0.3 is 30.1 Å². The summed E-state index contributed by atoms with van der Waals surface area (Å²) in [5.74, 6) is -1.49. The minimum atomic E-state index is -1.09. The zero-order chi connectivity index (χ0) is 27.1. The first-order valence-corrected chi connectivity index (χ1v) is 13.4. The Kier molecular flexibility index (Phi) is 7.59. The van der Waals surface area contributed by atoms with E-state index >= 15 is 0 Å². The highest BCUT2D eigenvalue weighted by Gasteiger charge is 2.75. The van der Waals surface area contributed by atoms with Crippen LogP contribution in [0.3, 0.4) is 0 Å². The minimum Gasteiger partial charge on any atom is -0.494 e. The monoisotopic (exact) mass is 515 g/mol. The zero-order valence-electron chi connectivity index (χ0n) is 22.7. The number of nitrogens with zero attached hydrogens (tertiary/aromatic N) is 1. The largest absolute Gasteiger partial charge is 0.494 e. The summed E-state index contributed by atoms with van der Waals surface area (Å²) < 4.78 is 11.9. The van der Waals surface area contributed by atoms with Crippen molar-refractivity contribution in [1.82, 2.24) is 10.2 Å². The number of likely N-dealkylation sites (tertiary alicyclic amines) is 1. The number of ether oxygens (including phenoxy) is 2. The average molecular weight is 516 g/mol. The summed E-state index contributed by atoms with van der Waals surface area (Å²) in [5.41, 5.74) is -1.01. The molecule has 3 N–H and O–H groups in total. The second-order valence-corrected chi connectivity index (χ2v) is 12.0. The first kappa shape index (κ1) is 27.4. The first-order valence-electron chi connectivity index (χ1n) is 13.4. The van der Waals surface area contributed by atoms with Gasteiger partial charge in [-0.05, 0) is 77.1 Å². The van der Waals surface area contributed by atoms with Gasteiger partial charge in [0.15, 0.2) is 0 Å². The van der Waals surface area contributed by atoms with Crippen LogP contribution in [-0.2, 0) is 19.1 Å². The van der Waals surface area contributed by atoms with Crippen molar-refractivity contribution in [3.8, 4) is 5.75 Å². The number of aliphatic hydroxyl groups is 1. The number of hydrogen-bond donors (Lipinski definition) is 3. The molecule has 3 aliphatic heterocycles. The van der Waals surface area contributed by atoms with E-state index in [0.29, 0.717) is 37.3 Å². The zero-order valence-corrected chi connectivity index (χ0v) is 22.7. The predicted molar refractivity (Wildman–Crippen MR) is 139 cm³/mol. The molecule has 3 heterocycles. The van der Waals surface area contributed by atoms with E-state index in [1.807, 2.05) is 41.5 Å². The highest BCUT2D eigenvalue weighted by atomic mass is 16.5. The topological polar surface area (TPSA) is 117 Å². The lowest BCUT2D eigenvalue weighted by molar-refractivity contribution is -0.146. The van der Waals surface area contributed by atoms with Crippen molar-refractivity contribution in [2.45, 2.75) is 90.1 Å². The smallest absolute Gasteiger partial charge is 0.246 e. The van der Waals surface area contributed by atoms with Crippen molar-refractivity contribution in [2.75, 3.05) is 18.5 Å². The maximum atomic E-state index is 14.1. The number of aliphatic hydroxyl groups excluding tert-OH is 1. The Bertz CT molecular complexity index is 1020. The summed E-state index contributed by atoms with van der Waals surface area (Å²) in [6, 6.07) is 5.64. The molecule has 0 radical (unpaired) electrons. The first-order chi connectivity index (χ1) is 17.4. The fourth-order valence-corrected chi connectivity index (χ4v) is 6.37. The fraction of sp³-hybridized carbons (Fsp3) is 0.679. The van der Waals surface area contributed by atoms with Gasteiger partial charge >= 0.3 is 0 Å². The minimum absolute atomic E-state index is 0.199. The van der Waals surface area contributed by atoms with Gasteiger partial charge in [-0.15, -0.1) is 0 Å². The molecule has 3 aliphatic rings. The number of rotatable bonds is 9. The van der Waals surface area contributed by atoms with Crippen molar-refractivity contribution < 1.29 is 29.0 Å². The SMILES string of the molecule is CCOc1ccc(NC(=O)[C@@H]2[C@@H]3CCC4(O3)C(C(=O)NC(C)(C)C)N([C@@H](CO)CC(C)C)C(=O)[C@H]24)cc1. The summed E-state index contributed by atoms with van der Waals surface area (Å²) in [6.07, 6.45) is 1.20. The molecule has 0 aromatic heterocycles. The second-order valence-electron chi connectivity index (χ2n) is 12.0. The maximum absolute atomic E-state index is 14.1. The van der Waals surface area contributed by atoms with E-state index in [2.05, 4.69) is 10.6 Å². The van der Waals surface area contributed by atoms with Crippen molar-refractivity contribution in [3.05, 3.63) is 24.3 Å². The van der Waals surface area contributed by atoms with Crippen LogP contribution in [0.4, 0.5) is 5.69 Å². The van der Waals surface area contributed by atoms with Crippen molar-refractivity contribution >= 4 is 23.4 Å². The van der Waals surface area contributed by atoms with E-state index in [4.69, 9.17) is 9.47 Å². The molecule has 6 atom stereocenters. The molecule has 0 saturated carbocycles. The molecule has 2 bridgehead atoms. The summed E-state index contributed by atoms with van der Waals surface area (Å²) in [5, 5.41) is 16.3. The molecular weight excluding hydrogens is 474 g/mol. The molecule has 3 saturated heterocycles. The van der Waals surface area contributed by atoms with Crippen molar-refractivity contribution in [3.63, 3.8) is 0 Å². The van der Waals surface area contributed by atoms with Crippen molar-refractivity contribution in [2.24, 2.45) is 17.8 Å². The van der Waals surface area contributed by atoms with Crippen LogP contribution in [0, 0.1) is 17.8 Å². The van der Waals surface area contributed by atoms with Crippen LogP contribution < -0.4 is 15.4 Å². The normalized spacial score (nSPS) is 29.4. The van der Waals surface area contributed by atoms with Crippen molar-refractivity contribution in [1.29, 1.82) is 0 Å². The third-order valence-electron chi connectivity index (χ3n) is 7.57. The third kappa shape index (κ3) is 5.08. The third-order valence-corrected chi connectivity index (χ3v) is 7.57. The quantitative estimate of drug-likeness (QED) is 0.466. The van der Waals surface area contributed by atoms with Crippen LogP contribution in [-0.4, -0.2) is 70.3 Å². The molecule has 1 aromatic carbocycles. The van der Waals surface area contributed by atoms with Gasteiger partial charge in [-0.25, -0.2) is 0 Å². The molecule has 9 nitrogen and oxygen atoms in total. The molecule has 4 rings (SSSR count). The van der Waals surface area contributed by atoms with Crippen LogP contribution in [0.15, 0.2) is 24.3 Å². The lowest BCUT2D eigenvalue weighted by atomic mass is 9.70. The molecule has 0 aliphatic carbocycles. The van der Waals surface area contributed by atoms with Gasteiger partial charge in [0.2, 0.25) is 17.7 Å². The van der Waals surface area contributed by atoms with Gasteiger partial charge in [0.25, 0.3) is 0 Å². The number of amides is 3. The molecular formula is C28H41N3O6. The predicted octanol–water partition coefficient (Wildman–Crippen LogP) is 2.72. The van der Waals surface area contributed by atoms with Crippen LogP contribution in [0.2, 0.25) is 0 Å². The average Bonchev–Trinajstić information content (AvgIpc) is 3.45. The number of fused-ring (bicyclic) bond motifs is 1. The molecule has 37 heavy (non-hydrogen) atoms. The van der Waals surface area contributed by atoms with Gasteiger partial charge in [0, 0.05) is 11.2 Å². The number of carbonyl (C=O) groups is 3. The summed E-state index contributed by atoms with van der Waals surface area (Å²) in [4.78, 5) is 42.9. The van der Waals surface area contributed by atoms with Gasteiger partial charge in [0.05, 0.1) is 37.2 Å². The Hall–Kier alpha value is -2.65. The Balaban J connectivity index is 1.66. The van der Waals surface area contributed by atoms with E-state index in [9.17, 15) is 19.5 Å². The summed E-state index contributed by atoms with van der Waals surface area (Å²) >= 11 is 0. The number of nitrogens with one attached hydrogen (secondary N) is 2. The fourth-order valence-electron chi connectivity index (χ4n) is 6.37. The Morgan fingerprint density at radius 2 is 1.89 bits per heavy atom. The van der Waals surface area contributed by atoms with Gasteiger partial charge in [0.1, 0.15) is 17.4 Å². The van der Waals surface area contributed by atoms with Crippen LogP contribution >= 0.6 is 0 Å². The van der Waals surface area contributed by atoms with Gasteiger partial charge in [-0.3, -0.25) is 14.4 Å². The number of hydrogen-bond acceptors (Lipinski definition) is 6. The lowest BCUT2D eigenvalue weighted by Crippen LogP contribution is -2.60. The highest BCUT2D eigenvalue weighted by molar-refractivity contribution is 6.02. The van der Waals surface area contributed by atoms with Crippen LogP contribution in [0.5, 0.6) is 5.75 Å². The van der Waals surface area contributed by atoms with E-state index in [0.717, 1.165) is 0 Å². The molecule has 3 amide bonds. The number of carbonyl (C=O) groups excluding carboxylic acids is 3. The van der Waals surface area contributed by atoms with Crippen LogP contribution in [0.25, 0.3) is 0 Å². The molecule has 2 unspecified atom stereocenters. The standard InChI is InChI=1S/C28H41N3O6/c1-7-36-19-10-8-17(9-11-19)29-24(33)21-20-12-13-28(37-20)22(21)26(35)31(18(15-32)14-16(2)3)23(28)25(34)30-27(4,5)6/h8-11,16,18,20-23,32H,7,12-15H2,1-6H3,(H,29,33)(H,30,34)/t18-,20+,21-,22+,23?,28?/m1/s1. The Morgan fingerprint density at radius 1 is 1.22 bits per heavy atom.